The maximum Gasteiger partial charge on any atom is 0.263 e. The summed E-state index contributed by atoms with van der Waals surface area (Å²) in [6.07, 6.45) is 2.59. The number of H-pyrrole nitrogens is 1. The molecule has 0 saturated carbocycles. The van der Waals surface area contributed by atoms with Gasteiger partial charge in [0.25, 0.3) is 5.56 Å². The fourth-order valence-corrected chi connectivity index (χ4v) is 3.40. The SMILES string of the molecule is Cc1cc2c(=O)n(Cc3ccccc3S(C)(=O)=O)cnc2[nH]1. The second kappa shape index (κ2) is 5.10. The number of aryl methyl sites for hydroxylation is 1. The van der Waals surface area contributed by atoms with Crippen LogP contribution >= 0.6 is 0 Å². The molecule has 0 atom stereocenters. The zero-order chi connectivity index (χ0) is 15.9. The molecule has 3 aromatic rings. The fourth-order valence-electron chi connectivity index (χ4n) is 2.47. The first-order valence-electron chi connectivity index (χ1n) is 6.69. The van der Waals surface area contributed by atoms with Crippen LogP contribution in [0.25, 0.3) is 11.0 Å². The lowest BCUT2D eigenvalue weighted by atomic mass is 10.2. The Morgan fingerprint density at radius 1 is 1.27 bits per heavy atom. The molecule has 0 unspecified atom stereocenters. The van der Waals surface area contributed by atoms with Crippen LogP contribution < -0.4 is 5.56 Å². The standard InChI is InChI=1S/C15H15N3O3S/c1-10-7-12-14(17-10)16-9-18(15(12)19)8-11-5-3-4-6-13(11)22(2,20)21/h3-7,9,17H,8H2,1-2H3. The minimum atomic E-state index is -3.35. The van der Waals surface area contributed by atoms with Crippen LogP contribution in [0.5, 0.6) is 0 Å². The number of hydrogen-bond donors (Lipinski definition) is 1. The quantitative estimate of drug-likeness (QED) is 0.793. The van der Waals surface area contributed by atoms with E-state index in [4.69, 9.17) is 0 Å². The van der Waals surface area contributed by atoms with Crippen LogP contribution in [0.3, 0.4) is 0 Å². The Balaban J connectivity index is 2.12. The van der Waals surface area contributed by atoms with E-state index in [1.165, 1.54) is 10.9 Å². The Labute approximate surface area is 127 Å². The molecule has 3 rings (SSSR count). The van der Waals surface area contributed by atoms with Gasteiger partial charge in [-0.1, -0.05) is 18.2 Å². The molecule has 6 nitrogen and oxygen atoms in total. The van der Waals surface area contributed by atoms with E-state index in [-0.39, 0.29) is 17.0 Å². The van der Waals surface area contributed by atoms with Gasteiger partial charge in [-0.05, 0) is 24.6 Å². The molecule has 1 aromatic carbocycles. The fraction of sp³-hybridized carbons (Fsp3) is 0.200. The van der Waals surface area contributed by atoms with E-state index in [2.05, 4.69) is 9.97 Å². The third kappa shape index (κ3) is 2.55. The number of sulfone groups is 1. The highest BCUT2D eigenvalue weighted by Gasteiger charge is 2.14. The molecule has 0 saturated heterocycles. The van der Waals surface area contributed by atoms with Gasteiger partial charge in [0.15, 0.2) is 9.84 Å². The van der Waals surface area contributed by atoms with Crippen LogP contribution in [0.15, 0.2) is 46.3 Å². The molecule has 2 heterocycles. The molecule has 0 aliphatic rings. The van der Waals surface area contributed by atoms with Crippen LogP contribution in [0.4, 0.5) is 0 Å². The van der Waals surface area contributed by atoms with Gasteiger partial charge in [0.2, 0.25) is 0 Å². The van der Waals surface area contributed by atoms with E-state index in [0.717, 1.165) is 11.9 Å². The first kappa shape index (κ1) is 14.5. The first-order valence-corrected chi connectivity index (χ1v) is 8.58. The molecular formula is C15H15N3O3S. The van der Waals surface area contributed by atoms with Gasteiger partial charge in [0.1, 0.15) is 12.0 Å². The van der Waals surface area contributed by atoms with Crippen molar-refractivity contribution in [1.82, 2.24) is 14.5 Å². The summed E-state index contributed by atoms with van der Waals surface area (Å²) in [5.41, 5.74) is 1.77. The number of hydrogen-bond acceptors (Lipinski definition) is 4. The predicted octanol–water partition coefficient (Wildman–Crippen LogP) is 1.48. The molecule has 114 valence electrons. The van der Waals surface area contributed by atoms with Crippen molar-refractivity contribution in [1.29, 1.82) is 0 Å². The first-order chi connectivity index (χ1) is 10.4. The Kier molecular flexibility index (Phi) is 3.37. The van der Waals surface area contributed by atoms with Crippen LogP contribution in [-0.2, 0) is 16.4 Å². The number of nitrogens with one attached hydrogen (secondary N) is 1. The molecule has 0 radical (unpaired) electrons. The molecule has 1 N–H and O–H groups in total. The minimum absolute atomic E-state index is 0.162. The lowest BCUT2D eigenvalue weighted by Gasteiger charge is -2.09. The van der Waals surface area contributed by atoms with Crippen molar-refractivity contribution in [3.05, 3.63) is 58.3 Å². The van der Waals surface area contributed by atoms with E-state index in [1.54, 1.807) is 30.3 Å². The number of aromatic amines is 1. The summed E-state index contributed by atoms with van der Waals surface area (Å²) in [4.78, 5) is 19.9. The number of fused-ring (bicyclic) bond motifs is 1. The molecular weight excluding hydrogens is 302 g/mol. The van der Waals surface area contributed by atoms with E-state index in [9.17, 15) is 13.2 Å². The number of aromatic nitrogens is 3. The maximum atomic E-state index is 12.5. The Morgan fingerprint density at radius 2 is 2.00 bits per heavy atom. The van der Waals surface area contributed by atoms with Gasteiger partial charge >= 0.3 is 0 Å². The van der Waals surface area contributed by atoms with Gasteiger partial charge < -0.3 is 4.98 Å². The van der Waals surface area contributed by atoms with Gasteiger partial charge in [-0.2, -0.15) is 0 Å². The zero-order valence-corrected chi connectivity index (χ0v) is 13.0. The number of benzene rings is 1. The molecule has 0 aliphatic carbocycles. The molecule has 0 amide bonds. The van der Waals surface area contributed by atoms with Crippen molar-refractivity contribution in [2.45, 2.75) is 18.4 Å². The third-order valence-electron chi connectivity index (χ3n) is 3.46. The predicted molar refractivity (Wildman–Crippen MR) is 83.7 cm³/mol. The molecule has 0 bridgehead atoms. The van der Waals surface area contributed by atoms with Crippen molar-refractivity contribution in [3.8, 4) is 0 Å². The van der Waals surface area contributed by atoms with Gasteiger partial charge in [-0.15, -0.1) is 0 Å². The van der Waals surface area contributed by atoms with Crippen molar-refractivity contribution < 1.29 is 8.42 Å². The molecule has 22 heavy (non-hydrogen) atoms. The van der Waals surface area contributed by atoms with Gasteiger partial charge in [-0.25, -0.2) is 13.4 Å². The minimum Gasteiger partial charge on any atom is -0.343 e. The van der Waals surface area contributed by atoms with E-state index in [0.29, 0.717) is 16.6 Å². The summed E-state index contributed by atoms with van der Waals surface area (Å²) in [6, 6.07) is 8.40. The molecule has 7 heteroatoms. The maximum absolute atomic E-state index is 12.5. The largest absolute Gasteiger partial charge is 0.343 e. The Morgan fingerprint density at radius 3 is 2.73 bits per heavy atom. The highest BCUT2D eigenvalue weighted by molar-refractivity contribution is 7.90. The number of rotatable bonds is 3. The van der Waals surface area contributed by atoms with E-state index in [1.807, 2.05) is 6.92 Å². The van der Waals surface area contributed by atoms with Crippen molar-refractivity contribution in [3.63, 3.8) is 0 Å². The van der Waals surface area contributed by atoms with Crippen LogP contribution in [0, 0.1) is 6.92 Å². The van der Waals surface area contributed by atoms with Crippen LogP contribution in [0.1, 0.15) is 11.3 Å². The lowest BCUT2D eigenvalue weighted by Crippen LogP contribution is -2.21. The highest BCUT2D eigenvalue weighted by Crippen LogP contribution is 2.16. The summed E-state index contributed by atoms with van der Waals surface area (Å²) in [5.74, 6) is 0. The third-order valence-corrected chi connectivity index (χ3v) is 4.66. The normalized spacial score (nSPS) is 11.9. The van der Waals surface area contributed by atoms with Crippen molar-refractivity contribution in [2.24, 2.45) is 0 Å². The summed E-state index contributed by atoms with van der Waals surface area (Å²) in [6.45, 7) is 2.01. The van der Waals surface area contributed by atoms with Crippen molar-refractivity contribution in [2.75, 3.05) is 6.26 Å². The summed E-state index contributed by atoms with van der Waals surface area (Å²) < 4.78 is 25.1. The topological polar surface area (TPSA) is 84.8 Å². The molecule has 0 fully saturated rings. The zero-order valence-electron chi connectivity index (χ0n) is 12.2. The molecule has 2 aromatic heterocycles. The van der Waals surface area contributed by atoms with Gasteiger partial charge in [0, 0.05) is 11.9 Å². The lowest BCUT2D eigenvalue weighted by molar-refractivity contribution is 0.599. The number of nitrogens with zero attached hydrogens (tertiary/aromatic N) is 2. The van der Waals surface area contributed by atoms with E-state index >= 15 is 0 Å². The second-order valence-electron chi connectivity index (χ2n) is 5.27. The average Bonchev–Trinajstić information content (AvgIpc) is 2.83. The Bertz CT molecular complexity index is 1020. The smallest absolute Gasteiger partial charge is 0.263 e. The Hall–Kier alpha value is -2.41. The van der Waals surface area contributed by atoms with E-state index < -0.39 is 9.84 Å². The average molecular weight is 317 g/mol. The molecule has 0 spiro atoms. The highest BCUT2D eigenvalue weighted by atomic mass is 32.2. The second-order valence-corrected chi connectivity index (χ2v) is 7.26. The molecule has 0 aliphatic heterocycles. The van der Waals surface area contributed by atoms with Crippen molar-refractivity contribution >= 4 is 20.9 Å². The van der Waals surface area contributed by atoms with Crippen LogP contribution in [0.2, 0.25) is 0 Å². The summed E-state index contributed by atoms with van der Waals surface area (Å²) >= 11 is 0. The van der Waals surface area contributed by atoms with Gasteiger partial charge in [-0.3, -0.25) is 9.36 Å². The monoisotopic (exact) mass is 317 g/mol. The van der Waals surface area contributed by atoms with Gasteiger partial charge in [0.05, 0.1) is 16.8 Å². The van der Waals surface area contributed by atoms with Crippen LogP contribution in [-0.4, -0.2) is 29.2 Å². The summed E-state index contributed by atoms with van der Waals surface area (Å²) in [5, 5.41) is 0.497. The summed E-state index contributed by atoms with van der Waals surface area (Å²) in [7, 11) is -3.35.